The number of amides is 2. The summed E-state index contributed by atoms with van der Waals surface area (Å²) in [4.78, 5) is 35.7. The standard InChI is InChI=1S/C14H24N2O4S2/c17-12(15-7-10-22-21-9-6-14(19)20)11-16-8-4-2-1-3-5-13(16)18/h1-11H2,(H,15,17)(H,19,20). The highest BCUT2D eigenvalue weighted by Crippen LogP contribution is 2.20. The average Bonchev–Trinajstić information content (AvgIpc) is 2.45. The molecule has 2 amide bonds. The summed E-state index contributed by atoms with van der Waals surface area (Å²) in [7, 11) is 3.04. The van der Waals surface area contributed by atoms with Gasteiger partial charge in [0.15, 0.2) is 0 Å². The lowest BCUT2D eigenvalue weighted by Gasteiger charge is -2.24. The second-order valence-electron chi connectivity index (χ2n) is 5.12. The van der Waals surface area contributed by atoms with Gasteiger partial charge in [0.05, 0.1) is 13.0 Å². The topological polar surface area (TPSA) is 86.7 Å². The van der Waals surface area contributed by atoms with Crippen molar-refractivity contribution in [3.05, 3.63) is 0 Å². The molecule has 1 rings (SSSR count). The van der Waals surface area contributed by atoms with E-state index >= 15 is 0 Å². The van der Waals surface area contributed by atoms with E-state index in [1.807, 2.05) is 0 Å². The molecule has 0 saturated carbocycles. The molecule has 0 aromatic rings. The van der Waals surface area contributed by atoms with Crippen molar-refractivity contribution in [1.29, 1.82) is 0 Å². The highest BCUT2D eigenvalue weighted by Gasteiger charge is 2.17. The number of hydrogen-bond donors (Lipinski definition) is 2. The number of carbonyl (C=O) groups excluding carboxylic acids is 2. The first kappa shape index (κ1) is 19.2. The molecule has 1 aliphatic rings. The molecular formula is C14H24N2O4S2. The molecule has 0 unspecified atom stereocenters. The molecule has 6 nitrogen and oxygen atoms in total. The first-order valence-electron chi connectivity index (χ1n) is 7.60. The molecule has 2 N–H and O–H groups in total. The molecule has 0 aliphatic carbocycles. The molecule has 1 aliphatic heterocycles. The lowest BCUT2D eigenvalue weighted by molar-refractivity contribution is -0.136. The van der Waals surface area contributed by atoms with Crippen molar-refractivity contribution < 1.29 is 19.5 Å². The number of aliphatic carboxylic acids is 1. The Balaban J connectivity index is 2.09. The minimum atomic E-state index is -0.792. The van der Waals surface area contributed by atoms with E-state index in [4.69, 9.17) is 5.11 Å². The summed E-state index contributed by atoms with van der Waals surface area (Å²) in [5, 5.41) is 11.3. The summed E-state index contributed by atoms with van der Waals surface area (Å²) in [6.45, 7) is 1.35. The second kappa shape index (κ2) is 11.6. The van der Waals surface area contributed by atoms with Crippen LogP contribution in [0.3, 0.4) is 0 Å². The monoisotopic (exact) mass is 348 g/mol. The summed E-state index contributed by atoms with van der Waals surface area (Å²) in [6, 6.07) is 0. The smallest absolute Gasteiger partial charge is 0.304 e. The predicted octanol–water partition coefficient (Wildman–Crippen LogP) is 1.75. The number of carbonyl (C=O) groups is 3. The Kier molecular flexibility index (Phi) is 10.1. The third kappa shape index (κ3) is 9.19. The Bertz CT molecular complexity index is 380. The molecule has 8 heteroatoms. The van der Waals surface area contributed by atoms with Crippen molar-refractivity contribution in [2.24, 2.45) is 0 Å². The van der Waals surface area contributed by atoms with Gasteiger partial charge in [-0.05, 0) is 12.8 Å². The summed E-state index contributed by atoms with van der Waals surface area (Å²) >= 11 is 0. The summed E-state index contributed by atoms with van der Waals surface area (Å²) < 4.78 is 0. The molecule has 0 spiro atoms. The number of nitrogens with zero attached hydrogens (tertiary/aromatic N) is 1. The zero-order chi connectivity index (χ0) is 16.2. The lowest BCUT2D eigenvalue weighted by Crippen LogP contribution is -2.42. The van der Waals surface area contributed by atoms with Crippen molar-refractivity contribution >= 4 is 39.4 Å². The molecule has 0 bridgehead atoms. The SMILES string of the molecule is O=C(O)CCSSCCNC(=O)CN1CCCCCCC1=O. The molecule has 1 heterocycles. The quantitative estimate of drug-likeness (QED) is 0.488. The van der Waals surface area contributed by atoms with Crippen LogP contribution in [0.5, 0.6) is 0 Å². The molecule has 1 saturated heterocycles. The number of likely N-dealkylation sites (tertiary alicyclic amines) is 1. The molecule has 0 radical (unpaired) electrons. The maximum absolute atomic E-state index is 11.9. The predicted molar refractivity (Wildman–Crippen MR) is 89.8 cm³/mol. The zero-order valence-electron chi connectivity index (χ0n) is 12.7. The first-order valence-corrected chi connectivity index (χ1v) is 10.1. The lowest BCUT2D eigenvalue weighted by atomic mass is 10.1. The van der Waals surface area contributed by atoms with Gasteiger partial charge in [0.2, 0.25) is 11.8 Å². The van der Waals surface area contributed by atoms with Crippen LogP contribution in [-0.2, 0) is 14.4 Å². The van der Waals surface area contributed by atoms with Crippen LogP contribution in [-0.4, -0.2) is 58.9 Å². The van der Waals surface area contributed by atoms with Crippen molar-refractivity contribution in [3.8, 4) is 0 Å². The van der Waals surface area contributed by atoms with E-state index in [-0.39, 0.29) is 24.8 Å². The molecular weight excluding hydrogens is 324 g/mol. The van der Waals surface area contributed by atoms with E-state index < -0.39 is 5.97 Å². The van der Waals surface area contributed by atoms with Gasteiger partial charge in [0.25, 0.3) is 0 Å². The Hall–Kier alpha value is -0.890. The second-order valence-corrected chi connectivity index (χ2v) is 7.82. The average molecular weight is 348 g/mol. The highest BCUT2D eigenvalue weighted by atomic mass is 33.1. The molecule has 22 heavy (non-hydrogen) atoms. The summed E-state index contributed by atoms with van der Waals surface area (Å²) in [5.41, 5.74) is 0. The van der Waals surface area contributed by atoms with E-state index in [0.29, 0.717) is 25.3 Å². The van der Waals surface area contributed by atoms with Crippen molar-refractivity contribution in [3.63, 3.8) is 0 Å². The third-order valence-electron chi connectivity index (χ3n) is 3.25. The third-order valence-corrected chi connectivity index (χ3v) is 5.65. The van der Waals surface area contributed by atoms with Crippen LogP contribution in [0.4, 0.5) is 0 Å². The van der Waals surface area contributed by atoms with E-state index in [1.165, 1.54) is 10.8 Å². The Morgan fingerprint density at radius 2 is 1.86 bits per heavy atom. The Labute approximate surface area is 139 Å². The zero-order valence-corrected chi connectivity index (χ0v) is 14.3. The van der Waals surface area contributed by atoms with Gasteiger partial charge in [-0.15, -0.1) is 0 Å². The number of carboxylic acids is 1. The van der Waals surface area contributed by atoms with Gasteiger partial charge < -0.3 is 15.3 Å². The molecule has 0 aromatic carbocycles. The highest BCUT2D eigenvalue weighted by molar-refractivity contribution is 8.76. The molecule has 1 fully saturated rings. The van der Waals surface area contributed by atoms with Crippen LogP contribution < -0.4 is 5.32 Å². The number of hydrogen-bond acceptors (Lipinski definition) is 5. The van der Waals surface area contributed by atoms with Crippen LogP contribution in [0.2, 0.25) is 0 Å². The van der Waals surface area contributed by atoms with E-state index in [9.17, 15) is 14.4 Å². The first-order chi connectivity index (χ1) is 10.6. The van der Waals surface area contributed by atoms with Gasteiger partial charge in [-0.2, -0.15) is 0 Å². The van der Waals surface area contributed by atoms with Crippen LogP contribution in [0.15, 0.2) is 0 Å². The maximum atomic E-state index is 11.9. The minimum absolute atomic E-state index is 0.0773. The molecule has 0 aromatic heterocycles. The van der Waals surface area contributed by atoms with Gasteiger partial charge in [0, 0.05) is 31.0 Å². The van der Waals surface area contributed by atoms with Crippen LogP contribution in [0.25, 0.3) is 0 Å². The van der Waals surface area contributed by atoms with Gasteiger partial charge >= 0.3 is 5.97 Å². The van der Waals surface area contributed by atoms with Gasteiger partial charge in [-0.3, -0.25) is 14.4 Å². The van der Waals surface area contributed by atoms with Crippen LogP contribution >= 0.6 is 21.6 Å². The van der Waals surface area contributed by atoms with Gasteiger partial charge in [0.1, 0.15) is 0 Å². The van der Waals surface area contributed by atoms with Crippen molar-refractivity contribution in [2.45, 2.75) is 38.5 Å². The molecule has 0 atom stereocenters. The normalized spacial score (nSPS) is 16.0. The van der Waals surface area contributed by atoms with E-state index in [1.54, 1.807) is 15.7 Å². The van der Waals surface area contributed by atoms with Crippen LogP contribution in [0, 0.1) is 0 Å². The van der Waals surface area contributed by atoms with E-state index in [2.05, 4.69) is 5.32 Å². The van der Waals surface area contributed by atoms with Crippen LogP contribution in [0.1, 0.15) is 38.5 Å². The minimum Gasteiger partial charge on any atom is -0.481 e. The fraction of sp³-hybridized carbons (Fsp3) is 0.786. The Morgan fingerprint density at radius 3 is 2.64 bits per heavy atom. The molecule has 126 valence electrons. The van der Waals surface area contributed by atoms with E-state index in [0.717, 1.165) is 31.4 Å². The summed E-state index contributed by atoms with van der Waals surface area (Å²) in [6.07, 6.45) is 4.80. The van der Waals surface area contributed by atoms with Gasteiger partial charge in [-0.1, -0.05) is 34.4 Å². The van der Waals surface area contributed by atoms with Crippen molar-refractivity contribution in [1.82, 2.24) is 10.2 Å². The number of carboxylic acid groups (broad SMARTS) is 1. The maximum Gasteiger partial charge on any atom is 0.304 e. The fourth-order valence-corrected chi connectivity index (χ4v) is 3.98. The van der Waals surface area contributed by atoms with Crippen molar-refractivity contribution in [2.75, 3.05) is 31.1 Å². The number of rotatable bonds is 9. The summed E-state index contributed by atoms with van der Waals surface area (Å²) in [5.74, 6) is 0.457. The fourth-order valence-electron chi connectivity index (χ4n) is 2.09. The number of nitrogens with one attached hydrogen (secondary N) is 1. The van der Waals surface area contributed by atoms with Gasteiger partial charge in [-0.25, -0.2) is 0 Å². The largest absolute Gasteiger partial charge is 0.481 e. The Morgan fingerprint density at radius 1 is 1.14 bits per heavy atom.